The summed E-state index contributed by atoms with van der Waals surface area (Å²) in [5.74, 6) is -0.515. The van der Waals surface area contributed by atoms with E-state index < -0.39 is 15.9 Å². The largest absolute Gasteiger partial charge is 0.399 e. The van der Waals surface area contributed by atoms with Crippen LogP contribution in [0.4, 0.5) is 11.4 Å². The summed E-state index contributed by atoms with van der Waals surface area (Å²) in [7, 11) is -3.94. The molecule has 0 radical (unpaired) electrons. The third-order valence-corrected chi connectivity index (χ3v) is 4.63. The molecule has 1 saturated carbocycles. The Labute approximate surface area is 124 Å². The third-order valence-electron chi connectivity index (χ3n) is 3.69. The van der Waals surface area contributed by atoms with Gasteiger partial charge in [0.25, 0.3) is 0 Å². The molecule has 8 heteroatoms. The molecule has 116 valence electrons. The SMILES string of the molecule is NC(=O)CN(c1ccc(N)cc1S(N)(=O)=O)C1CCCC1. The highest BCUT2D eigenvalue weighted by atomic mass is 32.2. The average molecular weight is 312 g/mol. The van der Waals surface area contributed by atoms with Crippen molar-refractivity contribution in [3.63, 3.8) is 0 Å². The second-order valence-electron chi connectivity index (χ2n) is 5.30. The van der Waals surface area contributed by atoms with Gasteiger partial charge in [-0.15, -0.1) is 0 Å². The van der Waals surface area contributed by atoms with Crippen molar-refractivity contribution in [3.8, 4) is 0 Å². The topological polar surface area (TPSA) is 133 Å². The Morgan fingerprint density at radius 3 is 2.43 bits per heavy atom. The second kappa shape index (κ2) is 5.90. The fourth-order valence-electron chi connectivity index (χ4n) is 2.79. The summed E-state index contributed by atoms with van der Waals surface area (Å²) in [5, 5.41) is 5.27. The molecule has 2 rings (SSSR count). The molecule has 0 heterocycles. The number of primary sulfonamides is 1. The van der Waals surface area contributed by atoms with Crippen molar-refractivity contribution in [1.82, 2.24) is 0 Å². The molecule has 0 aliphatic heterocycles. The highest BCUT2D eigenvalue weighted by molar-refractivity contribution is 7.89. The summed E-state index contributed by atoms with van der Waals surface area (Å²) >= 11 is 0. The van der Waals surface area contributed by atoms with E-state index >= 15 is 0 Å². The molecule has 0 saturated heterocycles. The van der Waals surface area contributed by atoms with Gasteiger partial charge in [-0.05, 0) is 31.0 Å². The van der Waals surface area contributed by atoms with Crippen LogP contribution in [0.25, 0.3) is 0 Å². The molecule has 1 amide bonds. The molecule has 1 aromatic carbocycles. The van der Waals surface area contributed by atoms with E-state index in [4.69, 9.17) is 16.6 Å². The Morgan fingerprint density at radius 2 is 1.90 bits per heavy atom. The summed E-state index contributed by atoms with van der Waals surface area (Å²) in [6.45, 7) is -0.0445. The van der Waals surface area contributed by atoms with Crippen LogP contribution in [-0.2, 0) is 14.8 Å². The van der Waals surface area contributed by atoms with Gasteiger partial charge in [-0.25, -0.2) is 13.6 Å². The molecule has 1 fully saturated rings. The van der Waals surface area contributed by atoms with Crippen LogP contribution in [0.2, 0.25) is 0 Å². The Morgan fingerprint density at radius 1 is 1.29 bits per heavy atom. The van der Waals surface area contributed by atoms with E-state index in [1.54, 1.807) is 17.0 Å². The summed E-state index contributed by atoms with van der Waals surface area (Å²) in [6, 6.07) is 4.57. The van der Waals surface area contributed by atoms with Gasteiger partial charge in [0.15, 0.2) is 0 Å². The lowest BCUT2D eigenvalue weighted by molar-refractivity contribution is -0.116. The summed E-state index contributed by atoms with van der Waals surface area (Å²) in [5.41, 5.74) is 11.6. The van der Waals surface area contributed by atoms with Crippen LogP contribution in [0, 0.1) is 0 Å². The zero-order chi connectivity index (χ0) is 15.6. The maximum absolute atomic E-state index is 11.8. The van der Waals surface area contributed by atoms with E-state index in [1.807, 2.05) is 0 Å². The minimum Gasteiger partial charge on any atom is -0.399 e. The Bertz CT molecular complexity index is 639. The van der Waals surface area contributed by atoms with Crippen LogP contribution in [0.5, 0.6) is 0 Å². The molecule has 21 heavy (non-hydrogen) atoms. The molecular formula is C13H20N4O3S. The highest BCUT2D eigenvalue weighted by Gasteiger charge is 2.28. The number of primary amides is 1. The van der Waals surface area contributed by atoms with Crippen LogP contribution >= 0.6 is 0 Å². The lowest BCUT2D eigenvalue weighted by Crippen LogP contribution is -2.41. The smallest absolute Gasteiger partial charge is 0.240 e. The number of benzene rings is 1. The Hall–Kier alpha value is -1.80. The van der Waals surface area contributed by atoms with Crippen LogP contribution in [0.3, 0.4) is 0 Å². The molecule has 6 N–H and O–H groups in total. The van der Waals surface area contributed by atoms with Crippen molar-refractivity contribution in [3.05, 3.63) is 18.2 Å². The van der Waals surface area contributed by atoms with E-state index in [0.29, 0.717) is 11.4 Å². The number of nitrogens with two attached hydrogens (primary N) is 3. The number of hydrogen-bond acceptors (Lipinski definition) is 5. The number of amides is 1. The van der Waals surface area contributed by atoms with Gasteiger partial charge in [-0.3, -0.25) is 4.79 Å². The minimum atomic E-state index is -3.94. The minimum absolute atomic E-state index is 0.0445. The molecule has 7 nitrogen and oxygen atoms in total. The number of hydrogen-bond donors (Lipinski definition) is 3. The van der Waals surface area contributed by atoms with Crippen LogP contribution in [-0.4, -0.2) is 26.9 Å². The average Bonchev–Trinajstić information content (AvgIpc) is 2.88. The van der Waals surface area contributed by atoms with Gasteiger partial charge in [0.05, 0.1) is 12.2 Å². The number of sulfonamides is 1. The zero-order valence-corrected chi connectivity index (χ0v) is 12.5. The number of carbonyl (C=O) groups is 1. The maximum atomic E-state index is 11.8. The monoisotopic (exact) mass is 312 g/mol. The first-order chi connectivity index (χ1) is 9.79. The molecule has 1 aliphatic rings. The number of anilines is 2. The first kappa shape index (κ1) is 15.6. The van der Waals surface area contributed by atoms with Crippen molar-refractivity contribution in [2.45, 2.75) is 36.6 Å². The van der Waals surface area contributed by atoms with Gasteiger partial charge in [0.2, 0.25) is 15.9 Å². The molecule has 1 aromatic rings. The lowest BCUT2D eigenvalue weighted by Gasteiger charge is -2.31. The highest BCUT2D eigenvalue weighted by Crippen LogP contribution is 2.33. The zero-order valence-electron chi connectivity index (χ0n) is 11.7. The summed E-state index contributed by atoms with van der Waals surface area (Å²) in [4.78, 5) is 13.0. The van der Waals surface area contributed by atoms with Crippen molar-refractivity contribution in [2.24, 2.45) is 10.9 Å². The van der Waals surface area contributed by atoms with Crippen molar-refractivity contribution in [2.75, 3.05) is 17.2 Å². The predicted octanol–water partition coefficient (Wildman–Crippen LogP) is 0.151. The van der Waals surface area contributed by atoms with E-state index in [-0.39, 0.29) is 17.5 Å². The van der Waals surface area contributed by atoms with Gasteiger partial charge in [0.1, 0.15) is 4.90 Å². The first-order valence-corrected chi connectivity index (χ1v) is 8.31. The lowest BCUT2D eigenvalue weighted by atomic mass is 10.1. The maximum Gasteiger partial charge on any atom is 0.240 e. The number of nitrogens with zero attached hydrogens (tertiary/aromatic N) is 1. The quantitative estimate of drug-likeness (QED) is 0.666. The normalized spacial score (nSPS) is 16.0. The predicted molar refractivity (Wildman–Crippen MR) is 81.0 cm³/mol. The van der Waals surface area contributed by atoms with E-state index in [1.165, 1.54) is 6.07 Å². The van der Waals surface area contributed by atoms with Crippen LogP contribution in [0.1, 0.15) is 25.7 Å². The number of carbonyl (C=O) groups excluding carboxylic acids is 1. The molecule has 0 unspecified atom stereocenters. The van der Waals surface area contributed by atoms with Gasteiger partial charge in [0, 0.05) is 11.7 Å². The van der Waals surface area contributed by atoms with Crippen molar-refractivity contribution in [1.29, 1.82) is 0 Å². The van der Waals surface area contributed by atoms with Crippen LogP contribution < -0.4 is 21.5 Å². The fraction of sp³-hybridized carbons (Fsp3) is 0.462. The summed E-state index contributed by atoms with van der Waals surface area (Å²) < 4.78 is 23.6. The van der Waals surface area contributed by atoms with E-state index in [0.717, 1.165) is 25.7 Å². The molecule has 0 aromatic heterocycles. The van der Waals surface area contributed by atoms with Gasteiger partial charge >= 0.3 is 0 Å². The van der Waals surface area contributed by atoms with Gasteiger partial charge in [-0.1, -0.05) is 12.8 Å². The molecule has 0 bridgehead atoms. The molecular weight excluding hydrogens is 292 g/mol. The molecule has 0 spiro atoms. The fourth-order valence-corrected chi connectivity index (χ4v) is 3.57. The Balaban J connectivity index is 2.51. The molecule has 1 aliphatic carbocycles. The first-order valence-electron chi connectivity index (χ1n) is 6.76. The van der Waals surface area contributed by atoms with E-state index in [9.17, 15) is 13.2 Å². The van der Waals surface area contributed by atoms with Gasteiger partial charge in [-0.2, -0.15) is 0 Å². The standard InChI is InChI=1S/C13H20N4O3S/c14-9-5-6-11(12(7-9)21(16,19)20)17(8-13(15)18)10-3-1-2-4-10/h5-7,10H,1-4,8,14H2,(H2,15,18)(H2,16,19,20). The van der Waals surface area contributed by atoms with Gasteiger partial charge < -0.3 is 16.4 Å². The number of rotatable bonds is 5. The van der Waals surface area contributed by atoms with Crippen LogP contribution in [0.15, 0.2) is 23.1 Å². The molecule has 0 atom stereocenters. The second-order valence-corrected chi connectivity index (χ2v) is 6.83. The van der Waals surface area contributed by atoms with Crippen molar-refractivity contribution >= 4 is 27.3 Å². The van der Waals surface area contributed by atoms with Crippen molar-refractivity contribution < 1.29 is 13.2 Å². The van der Waals surface area contributed by atoms with E-state index in [2.05, 4.69) is 0 Å². The third kappa shape index (κ3) is 3.64. The summed E-state index contributed by atoms with van der Waals surface area (Å²) in [6.07, 6.45) is 3.86. The Kier molecular flexibility index (Phi) is 4.38. The number of nitrogen functional groups attached to an aromatic ring is 1.